The molecule has 1 N–H and O–H groups in total. The minimum atomic E-state index is -1.78. The van der Waals surface area contributed by atoms with Crippen LogP contribution >= 0.6 is 0 Å². The van der Waals surface area contributed by atoms with Crippen LogP contribution in [0.15, 0.2) is 48.5 Å². The van der Waals surface area contributed by atoms with Crippen LogP contribution in [-0.4, -0.2) is 23.3 Å². The number of aryl methyl sites for hydroxylation is 1. The molecule has 2 aromatic carbocycles. The number of amides is 1. The van der Waals surface area contributed by atoms with Crippen LogP contribution in [0.25, 0.3) is 0 Å². The quantitative estimate of drug-likeness (QED) is 0.884. The molecule has 118 valence electrons. The maximum absolute atomic E-state index is 12.7. The largest absolute Gasteiger partial charge is 0.375 e. The van der Waals surface area contributed by atoms with Crippen molar-refractivity contribution < 1.29 is 14.7 Å². The van der Waals surface area contributed by atoms with Gasteiger partial charge in [0, 0.05) is 17.7 Å². The van der Waals surface area contributed by atoms with Crippen LogP contribution in [0.1, 0.15) is 34.8 Å². The van der Waals surface area contributed by atoms with Crippen LogP contribution in [0.4, 0.5) is 5.69 Å². The average molecular weight is 309 g/mol. The average Bonchev–Trinajstić information content (AvgIpc) is 2.76. The summed E-state index contributed by atoms with van der Waals surface area (Å²) in [5, 5.41) is 11.0. The van der Waals surface area contributed by atoms with Crippen molar-refractivity contribution >= 4 is 17.4 Å². The van der Waals surface area contributed by atoms with Gasteiger partial charge in [0.2, 0.25) is 0 Å². The number of fused-ring (bicyclic) bond motifs is 1. The van der Waals surface area contributed by atoms with Crippen molar-refractivity contribution in [3.8, 4) is 0 Å². The Morgan fingerprint density at radius 2 is 1.78 bits per heavy atom. The molecule has 0 fully saturated rings. The van der Waals surface area contributed by atoms with E-state index in [1.165, 1.54) is 4.90 Å². The van der Waals surface area contributed by atoms with Gasteiger partial charge in [-0.3, -0.25) is 9.59 Å². The first-order valence-corrected chi connectivity index (χ1v) is 7.71. The van der Waals surface area contributed by atoms with Crippen LogP contribution in [0, 0.1) is 6.92 Å². The minimum Gasteiger partial charge on any atom is -0.375 e. The second kappa shape index (κ2) is 5.63. The fourth-order valence-corrected chi connectivity index (χ4v) is 3.07. The molecule has 3 rings (SSSR count). The van der Waals surface area contributed by atoms with Gasteiger partial charge in [-0.25, -0.2) is 0 Å². The summed E-state index contributed by atoms with van der Waals surface area (Å²) < 4.78 is 0. The van der Waals surface area contributed by atoms with Crippen molar-refractivity contribution in [1.29, 1.82) is 0 Å². The molecule has 0 unspecified atom stereocenters. The lowest BCUT2D eigenvalue weighted by atomic mass is 9.88. The van der Waals surface area contributed by atoms with Crippen molar-refractivity contribution in [3.63, 3.8) is 0 Å². The topological polar surface area (TPSA) is 57.6 Å². The summed E-state index contributed by atoms with van der Waals surface area (Å²) >= 11 is 0. The number of rotatable bonds is 4. The number of anilines is 1. The molecule has 0 aromatic heterocycles. The predicted molar refractivity (Wildman–Crippen MR) is 88.5 cm³/mol. The summed E-state index contributed by atoms with van der Waals surface area (Å²) in [5.41, 5.74) is 0.963. The van der Waals surface area contributed by atoms with Gasteiger partial charge in [0.05, 0.1) is 12.1 Å². The third-order valence-corrected chi connectivity index (χ3v) is 4.35. The summed E-state index contributed by atoms with van der Waals surface area (Å²) in [6.45, 7) is 4.25. The highest BCUT2D eigenvalue weighted by Gasteiger charge is 2.50. The summed E-state index contributed by atoms with van der Waals surface area (Å²) in [5.74, 6) is -0.671. The lowest BCUT2D eigenvalue weighted by Crippen LogP contribution is -2.41. The molecular weight excluding hydrogens is 290 g/mol. The van der Waals surface area contributed by atoms with Gasteiger partial charge in [0.1, 0.15) is 0 Å². The summed E-state index contributed by atoms with van der Waals surface area (Å²) in [4.78, 5) is 26.7. The molecule has 0 bridgehead atoms. The lowest BCUT2D eigenvalue weighted by molar-refractivity contribution is -0.135. The molecule has 2 aromatic rings. The van der Waals surface area contributed by atoms with E-state index in [2.05, 4.69) is 0 Å². The minimum absolute atomic E-state index is 0.242. The molecule has 1 heterocycles. The van der Waals surface area contributed by atoms with Crippen LogP contribution in [0.5, 0.6) is 0 Å². The zero-order valence-electron chi connectivity index (χ0n) is 13.2. The van der Waals surface area contributed by atoms with Crippen molar-refractivity contribution in [2.24, 2.45) is 0 Å². The van der Waals surface area contributed by atoms with Gasteiger partial charge in [-0.05, 0) is 19.9 Å². The van der Waals surface area contributed by atoms with E-state index in [1.54, 1.807) is 30.3 Å². The monoisotopic (exact) mass is 309 g/mol. The maximum Gasteiger partial charge on any atom is 0.264 e. The normalized spacial score (nSPS) is 19.8. The molecule has 0 spiro atoms. The van der Waals surface area contributed by atoms with E-state index in [-0.39, 0.29) is 12.2 Å². The zero-order valence-corrected chi connectivity index (χ0v) is 13.2. The van der Waals surface area contributed by atoms with Gasteiger partial charge in [0.15, 0.2) is 11.4 Å². The number of aliphatic hydroxyl groups is 1. The molecule has 0 aliphatic carbocycles. The summed E-state index contributed by atoms with van der Waals surface area (Å²) in [6, 6.07) is 14.2. The molecule has 0 saturated heterocycles. The Morgan fingerprint density at radius 1 is 1.13 bits per heavy atom. The highest BCUT2D eigenvalue weighted by atomic mass is 16.3. The van der Waals surface area contributed by atoms with Crippen LogP contribution < -0.4 is 4.90 Å². The van der Waals surface area contributed by atoms with Crippen LogP contribution in [0.3, 0.4) is 0 Å². The number of benzene rings is 2. The Bertz CT molecular complexity index is 766. The van der Waals surface area contributed by atoms with Gasteiger partial charge >= 0.3 is 0 Å². The molecule has 1 amide bonds. The molecule has 4 nitrogen and oxygen atoms in total. The van der Waals surface area contributed by atoms with Crippen LogP contribution in [-0.2, 0) is 10.4 Å². The lowest BCUT2D eigenvalue weighted by Gasteiger charge is -2.22. The number of para-hydroxylation sites is 1. The predicted octanol–water partition coefficient (Wildman–Crippen LogP) is 2.82. The molecule has 1 aliphatic heterocycles. The van der Waals surface area contributed by atoms with E-state index >= 15 is 0 Å². The highest BCUT2D eigenvalue weighted by Crippen LogP contribution is 2.42. The molecule has 4 heteroatoms. The van der Waals surface area contributed by atoms with Gasteiger partial charge in [-0.15, -0.1) is 0 Å². The van der Waals surface area contributed by atoms with E-state index in [0.717, 1.165) is 5.56 Å². The first-order valence-electron chi connectivity index (χ1n) is 7.71. The zero-order chi connectivity index (χ0) is 16.6. The molecule has 1 aliphatic rings. The number of hydrogen-bond acceptors (Lipinski definition) is 3. The summed E-state index contributed by atoms with van der Waals surface area (Å²) in [7, 11) is 0. The van der Waals surface area contributed by atoms with Crippen molar-refractivity contribution in [2.45, 2.75) is 25.9 Å². The number of Topliss-reactive ketones (excluding diaryl/α,β-unsaturated/α-hetero) is 1. The number of ketones is 1. The van der Waals surface area contributed by atoms with E-state index in [0.29, 0.717) is 23.4 Å². The Morgan fingerprint density at radius 3 is 2.43 bits per heavy atom. The number of carbonyl (C=O) groups excluding carboxylic acids is 2. The standard InChI is InChI=1S/C19H19NO3/c1-3-20-16-7-5-4-6-15(16)19(23,18(20)22)12-17(21)14-10-8-13(2)9-11-14/h4-11,23H,3,12H2,1-2H3/t19-/m1/s1. The first kappa shape index (κ1) is 15.4. The van der Waals surface area contributed by atoms with E-state index in [9.17, 15) is 14.7 Å². The molecule has 0 radical (unpaired) electrons. The fraction of sp³-hybridized carbons (Fsp3) is 0.263. The van der Waals surface area contributed by atoms with Gasteiger partial charge < -0.3 is 10.0 Å². The molecular formula is C19H19NO3. The second-order valence-corrected chi connectivity index (χ2v) is 5.89. The first-order chi connectivity index (χ1) is 11.0. The van der Waals surface area contributed by atoms with E-state index < -0.39 is 11.5 Å². The summed E-state index contributed by atoms with van der Waals surface area (Å²) in [6.07, 6.45) is -0.248. The highest BCUT2D eigenvalue weighted by molar-refractivity contribution is 6.10. The fourth-order valence-electron chi connectivity index (χ4n) is 3.07. The van der Waals surface area contributed by atoms with Gasteiger partial charge in [-0.2, -0.15) is 0 Å². The van der Waals surface area contributed by atoms with Gasteiger partial charge in [0.25, 0.3) is 5.91 Å². The van der Waals surface area contributed by atoms with Crippen LogP contribution in [0.2, 0.25) is 0 Å². The Hall–Kier alpha value is -2.46. The Kier molecular flexibility index (Phi) is 3.78. The second-order valence-electron chi connectivity index (χ2n) is 5.89. The van der Waals surface area contributed by atoms with E-state index in [4.69, 9.17) is 0 Å². The Labute approximate surface area is 135 Å². The third-order valence-electron chi connectivity index (χ3n) is 4.35. The van der Waals surface area contributed by atoms with E-state index in [1.807, 2.05) is 32.0 Å². The number of carbonyl (C=O) groups is 2. The molecule has 0 saturated carbocycles. The maximum atomic E-state index is 12.7. The molecule has 1 atom stereocenters. The van der Waals surface area contributed by atoms with Crippen molar-refractivity contribution in [1.82, 2.24) is 0 Å². The third kappa shape index (κ3) is 2.45. The number of likely N-dealkylation sites (N-methyl/N-ethyl adjacent to an activating group) is 1. The van der Waals surface area contributed by atoms with Crippen molar-refractivity contribution in [2.75, 3.05) is 11.4 Å². The number of hydrogen-bond donors (Lipinski definition) is 1. The van der Waals surface area contributed by atoms with Crippen molar-refractivity contribution in [3.05, 3.63) is 65.2 Å². The SMILES string of the molecule is CCN1C(=O)[C@@](O)(CC(=O)c2ccc(C)cc2)c2ccccc21. The molecule has 23 heavy (non-hydrogen) atoms. The number of nitrogens with zero attached hydrogens (tertiary/aromatic N) is 1. The van der Waals surface area contributed by atoms with Gasteiger partial charge in [-0.1, -0.05) is 48.0 Å². The Balaban J connectivity index is 1.96. The smallest absolute Gasteiger partial charge is 0.264 e.